The molecule has 0 heterocycles. The van der Waals surface area contributed by atoms with Crippen LogP contribution in [0.1, 0.15) is 102 Å². The first kappa shape index (κ1) is 27.1. The molecule has 1 rings (SSSR count). The van der Waals surface area contributed by atoms with E-state index in [-0.39, 0.29) is 34.5 Å². The third kappa shape index (κ3) is 14.7. The zero-order chi connectivity index (χ0) is 19.1. The van der Waals surface area contributed by atoms with E-state index in [1.807, 2.05) is 0 Å². The Morgan fingerprint density at radius 1 is 0.667 bits per heavy atom. The van der Waals surface area contributed by atoms with Crippen LogP contribution in [-0.4, -0.2) is 42.5 Å². The van der Waals surface area contributed by atoms with Gasteiger partial charge in [0.05, 0.1) is 4.90 Å². The van der Waals surface area contributed by atoms with Crippen molar-refractivity contribution >= 4 is 39.7 Å². The zero-order valence-corrected chi connectivity index (χ0v) is 17.4. The zero-order valence-electron chi connectivity index (χ0n) is 16.6. The molecule has 0 fully saturated rings. The third-order valence-corrected chi connectivity index (χ3v) is 5.91. The summed E-state index contributed by atoms with van der Waals surface area (Å²) < 4.78 is 31.0. The molecule has 0 saturated heterocycles. The van der Waals surface area contributed by atoms with Crippen LogP contribution in [0.5, 0.6) is 0 Å². The predicted octanol–water partition coefficient (Wildman–Crippen LogP) is 6.31. The van der Waals surface area contributed by atoms with Crippen molar-refractivity contribution in [2.24, 2.45) is 0 Å². The number of unbranched alkanes of at least 4 members (excludes halogenated alkanes) is 13. The predicted molar refractivity (Wildman–Crippen MR) is 117 cm³/mol. The van der Waals surface area contributed by atoms with Gasteiger partial charge in [0.25, 0.3) is 10.1 Å². The summed E-state index contributed by atoms with van der Waals surface area (Å²) in [7, 11) is -4.07. The first-order valence-corrected chi connectivity index (χ1v) is 12.0. The fourth-order valence-corrected chi connectivity index (χ4v) is 3.83. The Bertz CT molecular complexity index is 555. The van der Waals surface area contributed by atoms with Crippen molar-refractivity contribution < 1.29 is 13.0 Å². The number of benzene rings is 1. The van der Waals surface area contributed by atoms with Crippen LogP contribution in [0.2, 0.25) is 0 Å². The first-order valence-electron chi connectivity index (χ1n) is 10.6. The molecular weight excluding hydrogens is 367 g/mol. The summed E-state index contributed by atoms with van der Waals surface area (Å²) in [5.41, 5.74) is 1.14. The van der Waals surface area contributed by atoms with Gasteiger partial charge >= 0.3 is 29.6 Å². The summed E-state index contributed by atoms with van der Waals surface area (Å²) in [5, 5.41) is 0. The Labute approximate surface area is 189 Å². The van der Waals surface area contributed by atoms with Gasteiger partial charge in [-0.15, -0.1) is 0 Å². The van der Waals surface area contributed by atoms with Crippen LogP contribution in [-0.2, 0) is 16.5 Å². The van der Waals surface area contributed by atoms with E-state index in [0.717, 1.165) is 18.4 Å². The van der Waals surface area contributed by atoms with Crippen LogP contribution in [0.25, 0.3) is 0 Å². The topological polar surface area (TPSA) is 54.4 Å². The summed E-state index contributed by atoms with van der Waals surface area (Å²) in [5.74, 6) is 0. The van der Waals surface area contributed by atoms with Crippen molar-refractivity contribution in [1.29, 1.82) is 0 Å². The van der Waals surface area contributed by atoms with Crippen molar-refractivity contribution in [3.05, 3.63) is 29.8 Å². The van der Waals surface area contributed by atoms with Gasteiger partial charge in [-0.1, -0.05) is 103 Å². The van der Waals surface area contributed by atoms with Gasteiger partial charge < -0.3 is 0 Å². The van der Waals surface area contributed by atoms with Crippen LogP contribution >= 0.6 is 0 Å². The summed E-state index contributed by atoms with van der Waals surface area (Å²) >= 11 is 0. The van der Waals surface area contributed by atoms with E-state index >= 15 is 0 Å². The molecule has 0 atom stereocenters. The van der Waals surface area contributed by atoms with Gasteiger partial charge in [-0.3, -0.25) is 4.55 Å². The molecule has 0 radical (unpaired) electrons. The average molecular weight is 407 g/mol. The van der Waals surface area contributed by atoms with E-state index in [1.165, 1.54) is 95.6 Å². The van der Waals surface area contributed by atoms with E-state index < -0.39 is 10.1 Å². The monoisotopic (exact) mass is 406 g/mol. The minimum absolute atomic E-state index is 0. The minimum atomic E-state index is -4.07. The number of aryl methyl sites for hydroxylation is 1. The molecule has 1 N–H and O–H groups in total. The summed E-state index contributed by atoms with van der Waals surface area (Å²) in [6, 6.07) is 6.56. The van der Waals surface area contributed by atoms with Gasteiger partial charge in [0.2, 0.25) is 0 Å². The van der Waals surface area contributed by atoms with Gasteiger partial charge in [0.1, 0.15) is 0 Å². The molecule has 1 aromatic carbocycles. The molecule has 5 heteroatoms. The molecule has 1 aromatic rings. The molecule has 0 spiro atoms. The third-order valence-electron chi connectivity index (χ3n) is 5.04. The maximum atomic E-state index is 11.0. The molecule has 27 heavy (non-hydrogen) atoms. The Balaban J connectivity index is 0.00000676. The van der Waals surface area contributed by atoms with Crippen molar-refractivity contribution in [3.63, 3.8) is 0 Å². The van der Waals surface area contributed by atoms with E-state index in [2.05, 4.69) is 6.92 Å². The molecular formula is C22H39NaO3S. The van der Waals surface area contributed by atoms with E-state index in [0.29, 0.717) is 0 Å². The molecule has 0 unspecified atom stereocenters. The molecule has 0 bridgehead atoms. The van der Waals surface area contributed by atoms with Crippen molar-refractivity contribution in [2.45, 2.75) is 108 Å². The van der Waals surface area contributed by atoms with Gasteiger partial charge in [-0.25, -0.2) is 0 Å². The Hall–Kier alpha value is 0.130. The van der Waals surface area contributed by atoms with Gasteiger partial charge in [0, 0.05) is 0 Å². The van der Waals surface area contributed by atoms with Crippen molar-refractivity contribution in [3.8, 4) is 0 Å². The second-order valence-corrected chi connectivity index (χ2v) is 8.89. The van der Waals surface area contributed by atoms with Gasteiger partial charge in [-0.2, -0.15) is 8.42 Å². The molecule has 0 aliphatic rings. The molecule has 0 saturated carbocycles. The number of rotatable bonds is 16. The van der Waals surface area contributed by atoms with Gasteiger partial charge in [-0.05, 0) is 30.5 Å². The van der Waals surface area contributed by atoms with Gasteiger partial charge in [0.15, 0.2) is 0 Å². The molecule has 3 nitrogen and oxygen atoms in total. The van der Waals surface area contributed by atoms with E-state index in [9.17, 15) is 8.42 Å². The first-order chi connectivity index (χ1) is 12.5. The number of hydrogen-bond donors (Lipinski definition) is 1. The van der Waals surface area contributed by atoms with Crippen LogP contribution in [0, 0.1) is 0 Å². The molecule has 0 amide bonds. The fraction of sp³-hybridized carbons (Fsp3) is 0.727. The second-order valence-electron chi connectivity index (χ2n) is 7.47. The molecule has 152 valence electrons. The molecule has 0 aliphatic heterocycles. The SMILES string of the molecule is CCCCCCCCCCCCCCCCc1ccc(S(=O)(=O)O)cc1.[NaH]. The fourth-order valence-electron chi connectivity index (χ4n) is 3.35. The Morgan fingerprint density at radius 3 is 1.41 bits per heavy atom. The standard InChI is InChI=1S/C22H38O3S.Na.H/c1-2-3-4-5-6-7-8-9-10-11-12-13-14-15-16-21-17-19-22(20-18-21)26(23,24)25;;/h17-20H,2-16H2,1H3,(H,23,24,25);;. The molecule has 0 aromatic heterocycles. The van der Waals surface area contributed by atoms with Crippen molar-refractivity contribution in [1.82, 2.24) is 0 Å². The maximum absolute atomic E-state index is 11.0. The van der Waals surface area contributed by atoms with E-state index in [4.69, 9.17) is 4.55 Å². The van der Waals surface area contributed by atoms with Crippen LogP contribution in [0.3, 0.4) is 0 Å². The number of hydrogen-bond acceptors (Lipinski definition) is 2. The normalized spacial score (nSPS) is 11.3. The van der Waals surface area contributed by atoms with Crippen LogP contribution in [0.4, 0.5) is 0 Å². The average Bonchev–Trinajstić information content (AvgIpc) is 2.61. The van der Waals surface area contributed by atoms with E-state index in [1.54, 1.807) is 12.1 Å². The summed E-state index contributed by atoms with van der Waals surface area (Å²) in [6.45, 7) is 2.27. The van der Waals surface area contributed by atoms with Crippen LogP contribution < -0.4 is 0 Å². The molecule has 0 aliphatic carbocycles. The Kier molecular flexibility index (Phi) is 17.1. The van der Waals surface area contributed by atoms with Crippen LogP contribution in [0.15, 0.2) is 29.2 Å². The summed E-state index contributed by atoms with van der Waals surface area (Å²) in [4.78, 5) is -0.0257. The second kappa shape index (κ2) is 17.0. The van der Waals surface area contributed by atoms with Crippen molar-refractivity contribution in [2.75, 3.05) is 0 Å². The Morgan fingerprint density at radius 2 is 1.04 bits per heavy atom. The summed E-state index contributed by atoms with van der Waals surface area (Å²) in [6.07, 6.45) is 19.9. The quantitative estimate of drug-likeness (QED) is 0.199.